The molecule has 0 atom stereocenters. The van der Waals surface area contributed by atoms with Gasteiger partial charge < -0.3 is 14.4 Å². The van der Waals surface area contributed by atoms with Gasteiger partial charge in [-0.25, -0.2) is 4.79 Å². The molecule has 0 N–H and O–H groups in total. The maximum Gasteiger partial charge on any atom is 0.410 e. The van der Waals surface area contributed by atoms with E-state index in [0.29, 0.717) is 31.0 Å². The van der Waals surface area contributed by atoms with Gasteiger partial charge in [-0.1, -0.05) is 6.07 Å². The standard InChI is InChI=1S/C16H20N2O3/c1-11-12(9-17)5-6-13-10-18(7-8-20-14(11)13)15(19)21-16(2,3)4/h5-6H,7-8,10H2,1-4H3. The zero-order valence-corrected chi connectivity index (χ0v) is 12.9. The van der Waals surface area contributed by atoms with E-state index in [1.54, 1.807) is 11.0 Å². The molecule has 5 nitrogen and oxygen atoms in total. The van der Waals surface area contributed by atoms with Crippen LogP contribution in [0.2, 0.25) is 0 Å². The molecule has 21 heavy (non-hydrogen) atoms. The smallest absolute Gasteiger partial charge is 0.410 e. The van der Waals surface area contributed by atoms with Crippen LogP contribution >= 0.6 is 0 Å². The zero-order chi connectivity index (χ0) is 15.6. The minimum Gasteiger partial charge on any atom is -0.491 e. The Bertz CT molecular complexity index is 597. The summed E-state index contributed by atoms with van der Waals surface area (Å²) < 4.78 is 11.1. The number of carbonyl (C=O) groups excluding carboxylic acids is 1. The van der Waals surface area contributed by atoms with Crippen molar-refractivity contribution in [3.63, 3.8) is 0 Å². The third-order valence-corrected chi connectivity index (χ3v) is 3.23. The SMILES string of the molecule is Cc1c(C#N)ccc2c1OCCN(C(=O)OC(C)(C)C)C2. The average Bonchev–Trinajstić information content (AvgIpc) is 2.60. The van der Waals surface area contributed by atoms with Gasteiger partial charge in [0.15, 0.2) is 0 Å². The number of carbonyl (C=O) groups is 1. The van der Waals surface area contributed by atoms with Crippen LogP contribution in [0.3, 0.4) is 0 Å². The molecule has 0 bridgehead atoms. The fourth-order valence-corrected chi connectivity index (χ4v) is 2.22. The molecule has 5 heteroatoms. The molecule has 1 aliphatic rings. The van der Waals surface area contributed by atoms with Crippen LogP contribution in [0, 0.1) is 18.3 Å². The summed E-state index contributed by atoms with van der Waals surface area (Å²) in [5, 5.41) is 9.07. The van der Waals surface area contributed by atoms with E-state index >= 15 is 0 Å². The number of hydrogen-bond donors (Lipinski definition) is 0. The Labute approximate surface area is 125 Å². The molecule has 0 unspecified atom stereocenters. The molecule has 0 radical (unpaired) electrons. The third-order valence-electron chi connectivity index (χ3n) is 3.23. The summed E-state index contributed by atoms with van der Waals surface area (Å²) in [6, 6.07) is 5.74. The van der Waals surface area contributed by atoms with Crippen LogP contribution in [0.1, 0.15) is 37.5 Å². The molecular weight excluding hydrogens is 268 g/mol. The summed E-state index contributed by atoms with van der Waals surface area (Å²) in [5.74, 6) is 0.708. The minimum absolute atomic E-state index is 0.346. The second kappa shape index (κ2) is 5.65. The number of hydrogen-bond acceptors (Lipinski definition) is 4. The van der Waals surface area contributed by atoms with E-state index in [2.05, 4.69) is 6.07 Å². The normalized spacial score (nSPS) is 14.5. The third kappa shape index (κ3) is 3.46. The molecule has 0 saturated heterocycles. The fourth-order valence-electron chi connectivity index (χ4n) is 2.22. The molecule has 0 aromatic heterocycles. The molecule has 1 aromatic carbocycles. The van der Waals surface area contributed by atoms with Gasteiger partial charge in [-0.05, 0) is 33.8 Å². The second-order valence-electron chi connectivity index (χ2n) is 6.09. The molecule has 1 aromatic rings. The van der Waals surface area contributed by atoms with E-state index in [9.17, 15) is 4.79 Å². The molecule has 2 rings (SSSR count). The lowest BCUT2D eigenvalue weighted by Gasteiger charge is -2.26. The summed E-state index contributed by atoms with van der Waals surface area (Å²) in [5.41, 5.74) is 1.79. The van der Waals surface area contributed by atoms with Crippen LogP contribution in [-0.2, 0) is 11.3 Å². The van der Waals surface area contributed by atoms with Crippen LogP contribution < -0.4 is 4.74 Å². The van der Waals surface area contributed by atoms with Gasteiger partial charge in [0.05, 0.1) is 24.7 Å². The number of rotatable bonds is 0. The monoisotopic (exact) mass is 288 g/mol. The number of nitriles is 1. The van der Waals surface area contributed by atoms with E-state index in [4.69, 9.17) is 14.7 Å². The van der Waals surface area contributed by atoms with Gasteiger partial charge in [0.1, 0.15) is 18.0 Å². The van der Waals surface area contributed by atoms with Gasteiger partial charge in [0.2, 0.25) is 0 Å². The van der Waals surface area contributed by atoms with Gasteiger partial charge in [0, 0.05) is 11.1 Å². The number of amides is 1. The van der Waals surface area contributed by atoms with Crippen LogP contribution in [0.25, 0.3) is 0 Å². The van der Waals surface area contributed by atoms with Crippen molar-refractivity contribution in [2.24, 2.45) is 0 Å². The molecule has 1 aliphatic heterocycles. The highest BCUT2D eigenvalue weighted by molar-refractivity contribution is 5.68. The molecule has 0 spiro atoms. The topological polar surface area (TPSA) is 62.6 Å². The maximum atomic E-state index is 12.2. The van der Waals surface area contributed by atoms with Crippen molar-refractivity contribution < 1.29 is 14.3 Å². The van der Waals surface area contributed by atoms with Crippen molar-refractivity contribution in [2.75, 3.05) is 13.2 Å². The lowest BCUT2D eigenvalue weighted by atomic mass is 10.0. The summed E-state index contributed by atoms with van der Waals surface area (Å²) >= 11 is 0. The van der Waals surface area contributed by atoms with Gasteiger partial charge in [-0.2, -0.15) is 5.26 Å². The fraction of sp³-hybridized carbons (Fsp3) is 0.500. The van der Waals surface area contributed by atoms with Crippen LogP contribution in [-0.4, -0.2) is 29.7 Å². The molecule has 1 heterocycles. The van der Waals surface area contributed by atoms with Crippen molar-refractivity contribution >= 4 is 6.09 Å². The Morgan fingerprint density at radius 1 is 1.43 bits per heavy atom. The van der Waals surface area contributed by atoms with Gasteiger partial charge >= 0.3 is 6.09 Å². The van der Waals surface area contributed by atoms with Crippen LogP contribution in [0.5, 0.6) is 5.75 Å². The lowest BCUT2D eigenvalue weighted by Crippen LogP contribution is -2.37. The maximum absolute atomic E-state index is 12.2. The molecule has 0 fully saturated rings. The molecule has 1 amide bonds. The predicted molar refractivity (Wildman–Crippen MR) is 78.0 cm³/mol. The van der Waals surface area contributed by atoms with Crippen LogP contribution in [0.15, 0.2) is 12.1 Å². The number of ether oxygens (including phenoxy) is 2. The lowest BCUT2D eigenvalue weighted by molar-refractivity contribution is 0.0225. The summed E-state index contributed by atoms with van der Waals surface area (Å²) in [7, 11) is 0. The Morgan fingerprint density at radius 2 is 2.14 bits per heavy atom. The Balaban J connectivity index is 2.24. The van der Waals surface area contributed by atoms with Crippen molar-refractivity contribution in [3.05, 3.63) is 28.8 Å². The Kier molecular flexibility index (Phi) is 4.08. The van der Waals surface area contributed by atoms with E-state index < -0.39 is 5.60 Å². The Morgan fingerprint density at radius 3 is 2.76 bits per heavy atom. The first kappa shape index (κ1) is 15.2. The van der Waals surface area contributed by atoms with Crippen molar-refractivity contribution in [3.8, 4) is 11.8 Å². The first-order chi connectivity index (χ1) is 9.81. The predicted octanol–water partition coefficient (Wildman–Crippen LogP) is 3.00. The molecule has 112 valence electrons. The first-order valence-corrected chi connectivity index (χ1v) is 6.95. The highest BCUT2D eigenvalue weighted by Gasteiger charge is 2.26. The molecular formula is C16H20N2O3. The highest BCUT2D eigenvalue weighted by Crippen LogP contribution is 2.29. The molecule has 0 saturated carbocycles. The number of nitrogens with zero attached hydrogens (tertiary/aromatic N) is 2. The largest absolute Gasteiger partial charge is 0.491 e. The number of fused-ring (bicyclic) bond motifs is 1. The summed E-state index contributed by atoms with van der Waals surface area (Å²) in [4.78, 5) is 13.8. The van der Waals surface area contributed by atoms with E-state index in [0.717, 1.165) is 11.1 Å². The van der Waals surface area contributed by atoms with Crippen molar-refractivity contribution in [1.82, 2.24) is 4.90 Å². The van der Waals surface area contributed by atoms with Crippen LogP contribution in [0.4, 0.5) is 4.79 Å². The quantitative estimate of drug-likeness (QED) is 0.736. The van der Waals surface area contributed by atoms with Gasteiger partial charge in [-0.15, -0.1) is 0 Å². The Hall–Kier alpha value is -2.22. The van der Waals surface area contributed by atoms with Gasteiger partial charge in [-0.3, -0.25) is 0 Å². The first-order valence-electron chi connectivity index (χ1n) is 6.95. The van der Waals surface area contributed by atoms with E-state index in [1.165, 1.54) is 0 Å². The summed E-state index contributed by atoms with van der Waals surface area (Å²) in [6.45, 7) is 8.67. The number of benzene rings is 1. The average molecular weight is 288 g/mol. The minimum atomic E-state index is -0.520. The second-order valence-corrected chi connectivity index (χ2v) is 6.09. The van der Waals surface area contributed by atoms with E-state index in [-0.39, 0.29) is 6.09 Å². The van der Waals surface area contributed by atoms with Crippen molar-refractivity contribution in [2.45, 2.75) is 39.8 Å². The summed E-state index contributed by atoms with van der Waals surface area (Å²) in [6.07, 6.45) is -0.346. The van der Waals surface area contributed by atoms with Gasteiger partial charge in [0.25, 0.3) is 0 Å². The van der Waals surface area contributed by atoms with E-state index in [1.807, 2.05) is 33.8 Å². The zero-order valence-electron chi connectivity index (χ0n) is 12.9. The highest BCUT2D eigenvalue weighted by atomic mass is 16.6. The molecule has 0 aliphatic carbocycles. The van der Waals surface area contributed by atoms with Crippen molar-refractivity contribution in [1.29, 1.82) is 5.26 Å².